The first-order chi connectivity index (χ1) is 6.76. The average molecular weight is 202 g/mol. The predicted octanol–water partition coefficient (Wildman–Crippen LogP) is 0.969. The Labute approximate surface area is 84.8 Å². The van der Waals surface area contributed by atoms with E-state index in [1.54, 1.807) is 21.3 Å². The Morgan fingerprint density at radius 3 is 2.36 bits per heavy atom. The summed E-state index contributed by atoms with van der Waals surface area (Å²) in [5, 5.41) is 0. The molecule has 4 nitrogen and oxygen atoms in total. The molecule has 1 rings (SSSR count). The molecule has 0 aromatic carbocycles. The Kier molecular flexibility index (Phi) is 4.38. The van der Waals surface area contributed by atoms with Crippen LogP contribution in [0.1, 0.15) is 6.42 Å². The molecule has 4 heteroatoms. The van der Waals surface area contributed by atoms with Crippen molar-refractivity contribution in [2.75, 3.05) is 41.2 Å². The average Bonchev–Trinajstić information content (AvgIpc) is 2.51. The van der Waals surface area contributed by atoms with Crippen LogP contribution in [0.15, 0.2) is 11.8 Å². The second kappa shape index (κ2) is 5.34. The van der Waals surface area contributed by atoms with E-state index in [9.17, 15) is 0 Å². The lowest BCUT2D eigenvalue weighted by molar-refractivity contribution is -0.0862. The van der Waals surface area contributed by atoms with E-state index >= 15 is 0 Å². The van der Waals surface area contributed by atoms with Gasteiger partial charge in [0.1, 0.15) is 12.4 Å². The fraction of sp³-hybridized carbons (Fsp3) is 0.800. The van der Waals surface area contributed by atoms with Crippen LogP contribution in [0.25, 0.3) is 0 Å². The summed E-state index contributed by atoms with van der Waals surface area (Å²) in [6.45, 7) is 1.57. The molecule has 0 spiro atoms. The largest absolute Gasteiger partial charge is 0.484 e. The lowest BCUT2D eigenvalue weighted by atomic mass is 10.0. The van der Waals surface area contributed by atoms with Gasteiger partial charge in [0.2, 0.25) is 0 Å². The number of rotatable bonds is 6. The van der Waals surface area contributed by atoms with Crippen LogP contribution < -0.4 is 0 Å². The summed E-state index contributed by atoms with van der Waals surface area (Å²) < 4.78 is 21.0. The highest BCUT2D eigenvalue weighted by molar-refractivity contribution is 5.08. The van der Waals surface area contributed by atoms with Crippen molar-refractivity contribution < 1.29 is 18.9 Å². The van der Waals surface area contributed by atoms with Crippen LogP contribution in [0, 0.1) is 0 Å². The van der Waals surface area contributed by atoms with Crippen molar-refractivity contribution in [2.24, 2.45) is 0 Å². The molecule has 0 radical (unpaired) electrons. The highest BCUT2D eigenvalue weighted by Crippen LogP contribution is 2.29. The van der Waals surface area contributed by atoms with Crippen LogP contribution in [-0.4, -0.2) is 46.8 Å². The summed E-state index contributed by atoms with van der Waals surface area (Å²) in [5.74, 6) is 0.863. The van der Waals surface area contributed by atoms with Crippen molar-refractivity contribution in [3.05, 3.63) is 11.8 Å². The first-order valence-electron chi connectivity index (χ1n) is 4.61. The van der Waals surface area contributed by atoms with E-state index in [4.69, 9.17) is 18.9 Å². The first kappa shape index (κ1) is 11.5. The molecule has 0 unspecified atom stereocenters. The summed E-state index contributed by atoms with van der Waals surface area (Å²) in [4.78, 5) is 0. The van der Waals surface area contributed by atoms with E-state index in [2.05, 4.69) is 0 Å². The monoisotopic (exact) mass is 202 g/mol. The summed E-state index contributed by atoms with van der Waals surface area (Å²) in [7, 11) is 4.97. The smallest absolute Gasteiger partial charge is 0.158 e. The van der Waals surface area contributed by atoms with Gasteiger partial charge in [-0.05, 0) is 6.08 Å². The SMILES string of the molecule is COCC1=CCC(COC)(COC)O1. The Bertz CT molecular complexity index is 194. The van der Waals surface area contributed by atoms with E-state index in [-0.39, 0.29) is 5.60 Å². The summed E-state index contributed by atoms with van der Waals surface area (Å²) in [6, 6.07) is 0. The van der Waals surface area contributed by atoms with Crippen molar-refractivity contribution in [1.82, 2.24) is 0 Å². The minimum atomic E-state index is -0.350. The standard InChI is InChI=1S/C10H18O4/c1-11-6-9-4-5-10(14-9,7-12-2)8-13-3/h4H,5-8H2,1-3H3. The number of ether oxygens (including phenoxy) is 4. The summed E-state index contributed by atoms with van der Waals surface area (Å²) >= 11 is 0. The molecule has 0 bridgehead atoms. The van der Waals surface area contributed by atoms with Gasteiger partial charge < -0.3 is 18.9 Å². The van der Waals surface area contributed by atoms with Crippen LogP contribution in [0.5, 0.6) is 0 Å². The van der Waals surface area contributed by atoms with Gasteiger partial charge in [-0.1, -0.05) is 0 Å². The second-order valence-electron chi connectivity index (χ2n) is 3.46. The highest BCUT2D eigenvalue weighted by atomic mass is 16.6. The van der Waals surface area contributed by atoms with Crippen LogP contribution >= 0.6 is 0 Å². The molecule has 0 saturated heterocycles. The van der Waals surface area contributed by atoms with Gasteiger partial charge in [-0.2, -0.15) is 0 Å². The molecule has 0 fully saturated rings. The van der Waals surface area contributed by atoms with Gasteiger partial charge in [0, 0.05) is 27.8 Å². The molecule has 0 N–H and O–H groups in total. The van der Waals surface area contributed by atoms with E-state index < -0.39 is 0 Å². The van der Waals surface area contributed by atoms with E-state index in [0.717, 1.165) is 12.2 Å². The molecule has 14 heavy (non-hydrogen) atoms. The summed E-state index contributed by atoms with van der Waals surface area (Å²) in [5.41, 5.74) is -0.350. The van der Waals surface area contributed by atoms with E-state index in [0.29, 0.717) is 19.8 Å². The zero-order chi connectivity index (χ0) is 10.4. The molecular formula is C10H18O4. The Hall–Kier alpha value is -0.580. The van der Waals surface area contributed by atoms with Crippen LogP contribution in [0.3, 0.4) is 0 Å². The zero-order valence-corrected chi connectivity index (χ0v) is 9.04. The van der Waals surface area contributed by atoms with Crippen molar-refractivity contribution in [3.8, 4) is 0 Å². The van der Waals surface area contributed by atoms with E-state index in [1.165, 1.54) is 0 Å². The predicted molar refractivity (Wildman–Crippen MR) is 52.1 cm³/mol. The molecule has 0 atom stereocenters. The first-order valence-corrected chi connectivity index (χ1v) is 4.61. The van der Waals surface area contributed by atoms with E-state index in [1.807, 2.05) is 6.08 Å². The van der Waals surface area contributed by atoms with Crippen LogP contribution in [-0.2, 0) is 18.9 Å². The minimum Gasteiger partial charge on any atom is -0.484 e. The van der Waals surface area contributed by atoms with Crippen molar-refractivity contribution in [3.63, 3.8) is 0 Å². The topological polar surface area (TPSA) is 36.9 Å². The maximum absolute atomic E-state index is 5.76. The molecule has 0 aromatic rings. The fourth-order valence-electron chi connectivity index (χ4n) is 1.64. The maximum Gasteiger partial charge on any atom is 0.158 e. The molecule has 0 aliphatic carbocycles. The van der Waals surface area contributed by atoms with Gasteiger partial charge in [-0.15, -0.1) is 0 Å². The third kappa shape index (κ3) is 2.70. The van der Waals surface area contributed by atoms with Gasteiger partial charge in [-0.3, -0.25) is 0 Å². The van der Waals surface area contributed by atoms with Crippen LogP contribution in [0.4, 0.5) is 0 Å². The fourth-order valence-corrected chi connectivity index (χ4v) is 1.64. The molecule has 0 amide bonds. The third-order valence-corrected chi connectivity index (χ3v) is 2.15. The lowest BCUT2D eigenvalue weighted by Crippen LogP contribution is -2.39. The zero-order valence-electron chi connectivity index (χ0n) is 9.04. The van der Waals surface area contributed by atoms with Crippen molar-refractivity contribution in [2.45, 2.75) is 12.0 Å². The van der Waals surface area contributed by atoms with Gasteiger partial charge in [0.15, 0.2) is 5.60 Å². The van der Waals surface area contributed by atoms with Gasteiger partial charge in [-0.25, -0.2) is 0 Å². The third-order valence-electron chi connectivity index (χ3n) is 2.15. The van der Waals surface area contributed by atoms with Crippen molar-refractivity contribution in [1.29, 1.82) is 0 Å². The Balaban J connectivity index is 2.50. The van der Waals surface area contributed by atoms with Gasteiger partial charge >= 0.3 is 0 Å². The molecule has 0 aromatic heterocycles. The molecule has 0 saturated carbocycles. The normalized spacial score (nSPS) is 19.2. The quantitative estimate of drug-likeness (QED) is 0.643. The molecule has 1 heterocycles. The minimum absolute atomic E-state index is 0.350. The molecule has 82 valence electrons. The van der Waals surface area contributed by atoms with Crippen molar-refractivity contribution >= 4 is 0 Å². The molecule has 1 aliphatic rings. The maximum atomic E-state index is 5.76. The van der Waals surface area contributed by atoms with Gasteiger partial charge in [0.25, 0.3) is 0 Å². The number of methoxy groups -OCH3 is 3. The van der Waals surface area contributed by atoms with Gasteiger partial charge in [0.05, 0.1) is 13.2 Å². The Morgan fingerprint density at radius 2 is 1.86 bits per heavy atom. The lowest BCUT2D eigenvalue weighted by Gasteiger charge is -2.28. The molecular weight excluding hydrogens is 184 g/mol. The highest BCUT2D eigenvalue weighted by Gasteiger charge is 2.36. The number of hydrogen-bond acceptors (Lipinski definition) is 4. The molecule has 1 aliphatic heterocycles. The second-order valence-corrected chi connectivity index (χ2v) is 3.46. The summed E-state index contributed by atoms with van der Waals surface area (Å²) in [6.07, 6.45) is 2.84. The van der Waals surface area contributed by atoms with Crippen LogP contribution in [0.2, 0.25) is 0 Å². The Morgan fingerprint density at radius 1 is 1.21 bits per heavy atom. The number of hydrogen-bond donors (Lipinski definition) is 0.